The Morgan fingerprint density at radius 3 is 2.00 bits per heavy atom. The lowest BCUT2D eigenvalue weighted by molar-refractivity contribution is -0.143. The zero-order chi connectivity index (χ0) is 28.3. The van der Waals surface area contributed by atoms with E-state index in [1.54, 1.807) is 6.92 Å². The largest absolute Gasteiger partial charge is 0.481 e. The summed E-state index contributed by atoms with van der Waals surface area (Å²) < 4.78 is 17.0. The van der Waals surface area contributed by atoms with Crippen molar-refractivity contribution in [1.29, 1.82) is 0 Å². The Kier molecular flexibility index (Phi) is 26.1. The Balaban J connectivity index is 3.60. The molecule has 0 heterocycles. The van der Waals surface area contributed by atoms with E-state index < -0.39 is 5.97 Å². The van der Waals surface area contributed by atoms with Crippen LogP contribution in [0.5, 0.6) is 0 Å². The number of carbonyl (C=O) groups is 2. The van der Waals surface area contributed by atoms with Gasteiger partial charge >= 0.3 is 11.9 Å². The predicted octanol–water partition coefficient (Wildman–Crippen LogP) is 7.03. The van der Waals surface area contributed by atoms with Gasteiger partial charge in [-0.1, -0.05) is 83.8 Å². The number of esters is 1. The van der Waals surface area contributed by atoms with Crippen molar-refractivity contribution in [2.75, 3.05) is 47.1 Å². The Bertz CT molecular complexity index is 581. The lowest BCUT2D eigenvalue weighted by atomic mass is 10.0. The van der Waals surface area contributed by atoms with E-state index in [2.05, 4.69) is 17.9 Å². The van der Waals surface area contributed by atoms with Crippen molar-refractivity contribution in [2.45, 2.75) is 123 Å². The summed E-state index contributed by atoms with van der Waals surface area (Å²) in [5.41, 5.74) is 0. The highest BCUT2D eigenvalue weighted by Gasteiger charge is 2.12. The van der Waals surface area contributed by atoms with Crippen LogP contribution in [0.15, 0.2) is 12.2 Å². The maximum atomic E-state index is 11.9. The molecule has 7 nitrogen and oxygen atoms in total. The van der Waals surface area contributed by atoms with Crippen LogP contribution >= 0.6 is 0 Å². The Hall–Kier alpha value is -1.44. The first-order valence-electron chi connectivity index (χ1n) is 15.2. The molecule has 0 amide bonds. The number of ether oxygens (including phenoxy) is 3. The molecule has 0 rings (SSSR count). The zero-order valence-corrected chi connectivity index (χ0v) is 25.1. The van der Waals surface area contributed by atoms with Crippen molar-refractivity contribution >= 4 is 11.9 Å². The quantitative estimate of drug-likeness (QED) is 0.0646. The van der Waals surface area contributed by atoms with Crippen LogP contribution in [0.2, 0.25) is 0 Å². The number of nitrogens with zero attached hydrogens (tertiary/aromatic N) is 1. The summed E-state index contributed by atoms with van der Waals surface area (Å²) in [7, 11) is 4.08. The Morgan fingerprint density at radius 2 is 1.37 bits per heavy atom. The second kappa shape index (κ2) is 27.1. The van der Waals surface area contributed by atoms with Gasteiger partial charge in [0.05, 0.1) is 25.2 Å². The van der Waals surface area contributed by atoms with E-state index in [9.17, 15) is 9.59 Å². The lowest BCUT2D eigenvalue weighted by Gasteiger charge is -2.24. The fraction of sp³-hybridized carbons (Fsp3) is 0.871. The minimum absolute atomic E-state index is 0.116. The van der Waals surface area contributed by atoms with E-state index in [0.29, 0.717) is 32.8 Å². The third kappa shape index (κ3) is 24.9. The maximum Gasteiger partial charge on any atom is 0.306 e. The molecule has 224 valence electrons. The van der Waals surface area contributed by atoms with Crippen LogP contribution in [-0.4, -0.2) is 75.1 Å². The van der Waals surface area contributed by atoms with Crippen LogP contribution in [0, 0.1) is 5.92 Å². The summed E-state index contributed by atoms with van der Waals surface area (Å²) in [6.07, 6.45) is 21.0. The fourth-order valence-electron chi connectivity index (χ4n) is 4.01. The summed E-state index contributed by atoms with van der Waals surface area (Å²) in [6, 6.07) is 0.218. The molecule has 0 bridgehead atoms. The highest BCUT2D eigenvalue weighted by atomic mass is 16.5. The van der Waals surface area contributed by atoms with Gasteiger partial charge in [0.2, 0.25) is 0 Å². The molecule has 2 unspecified atom stereocenters. The molecule has 0 radical (unpaired) electrons. The van der Waals surface area contributed by atoms with Crippen LogP contribution in [-0.2, 0) is 23.8 Å². The molecular formula is C31H59NO6. The van der Waals surface area contributed by atoms with Crippen LogP contribution in [0.25, 0.3) is 0 Å². The maximum absolute atomic E-state index is 11.9. The van der Waals surface area contributed by atoms with Gasteiger partial charge in [-0.25, -0.2) is 0 Å². The zero-order valence-electron chi connectivity index (χ0n) is 25.1. The molecule has 0 saturated heterocycles. The highest BCUT2D eigenvalue weighted by molar-refractivity contribution is 5.69. The molecule has 0 fully saturated rings. The van der Waals surface area contributed by atoms with Gasteiger partial charge in [-0.05, 0) is 52.6 Å². The van der Waals surface area contributed by atoms with Crippen molar-refractivity contribution in [2.24, 2.45) is 5.92 Å². The first-order valence-corrected chi connectivity index (χ1v) is 15.2. The normalized spacial score (nSPS) is 13.3. The number of hydrogen-bond donors (Lipinski definition) is 1. The second-order valence-corrected chi connectivity index (χ2v) is 10.7. The highest BCUT2D eigenvalue weighted by Crippen LogP contribution is 2.11. The molecule has 0 aromatic carbocycles. The molecule has 0 saturated carbocycles. The van der Waals surface area contributed by atoms with Gasteiger partial charge in [0, 0.05) is 19.6 Å². The third-order valence-electron chi connectivity index (χ3n) is 6.85. The third-order valence-corrected chi connectivity index (χ3v) is 6.85. The van der Waals surface area contributed by atoms with Gasteiger partial charge in [0.15, 0.2) is 0 Å². The standard InChI is InChI=1S/C31H59NO6/c1-5-6-7-8-9-10-11-13-20-25-38-30(33)22-17-15-19-24-37-27-29(32(3)4)26-36-23-18-14-12-16-21-28(2)31(34)35/h13,20,28-29H,5-12,14-19,21-27H2,1-4H3,(H,34,35). The minimum Gasteiger partial charge on any atom is -0.481 e. The van der Waals surface area contributed by atoms with Gasteiger partial charge in [-0.2, -0.15) is 0 Å². The number of carboxylic acid groups (broad SMARTS) is 1. The summed E-state index contributed by atoms with van der Waals surface area (Å²) in [5.74, 6) is -1.07. The molecule has 0 aliphatic heterocycles. The number of rotatable bonds is 28. The molecule has 1 N–H and O–H groups in total. The van der Waals surface area contributed by atoms with Crippen LogP contribution in [0.4, 0.5) is 0 Å². The van der Waals surface area contributed by atoms with E-state index in [4.69, 9.17) is 19.3 Å². The number of allylic oxidation sites excluding steroid dienone is 1. The Labute approximate surface area is 233 Å². The minimum atomic E-state index is -0.706. The first-order chi connectivity index (χ1) is 18.4. The first kappa shape index (κ1) is 36.6. The number of aliphatic carboxylic acids is 1. The van der Waals surface area contributed by atoms with Gasteiger partial charge in [0.1, 0.15) is 6.61 Å². The molecule has 0 spiro atoms. The average molecular weight is 542 g/mol. The summed E-state index contributed by atoms with van der Waals surface area (Å²) in [4.78, 5) is 24.8. The topological polar surface area (TPSA) is 85.3 Å². The molecule has 0 aliphatic carbocycles. The fourth-order valence-corrected chi connectivity index (χ4v) is 4.01. The predicted molar refractivity (Wildman–Crippen MR) is 156 cm³/mol. The molecule has 38 heavy (non-hydrogen) atoms. The molecular weight excluding hydrogens is 482 g/mol. The molecule has 0 aromatic heterocycles. The number of unbranched alkanes of at least 4 members (excludes halogenated alkanes) is 11. The summed E-state index contributed by atoms with van der Waals surface area (Å²) in [6.45, 7) is 7.08. The molecule has 2 atom stereocenters. The van der Waals surface area contributed by atoms with Crippen molar-refractivity contribution in [3.63, 3.8) is 0 Å². The van der Waals surface area contributed by atoms with Gasteiger partial charge in [-0.15, -0.1) is 0 Å². The smallest absolute Gasteiger partial charge is 0.306 e. The molecule has 0 aromatic rings. The van der Waals surface area contributed by atoms with Gasteiger partial charge in [-0.3, -0.25) is 9.59 Å². The Morgan fingerprint density at radius 1 is 0.789 bits per heavy atom. The van der Waals surface area contributed by atoms with E-state index in [-0.39, 0.29) is 17.9 Å². The van der Waals surface area contributed by atoms with Crippen molar-refractivity contribution in [1.82, 2.24) is 4.90 Å². The van der Waals surface area contributed by atoms with E-state index in [0.717, 1.165) is 64.4 Å². The number of likely N-dealkylation sites (N-methyl/N-ethyl adjacent to an activating group) is 1. The number of carboxylic acids is 1. The summed E-state index contributed by atoms with van der Waals surface area (Å²) in [5, 5.41) is 8.91. The van der Waals surface area contributed by atoms with Gasteiger partial charge < -0.3 is 24.2 Å². The van der Waals surface area contributed by atoms with E-state index >= 15 is 0 Å². The van der Waals surface area contributed by atoms with E-state index in [1.165, 1.54) is 38.5 Å². The van der Waals surface area contributed by atoms with Crippen molar-refractivity contribution in [3.05, 3.63) is 12.2 Å². The van der Waals surface area contributed by atoms with Crippen LogP contribution in [0.1, 0.15) is 117 Å². The van der Waals surface area contributed by atoms with E-state index in [1.807, 2.05) is 20.2 Å². The number of hydrogen-bond acceptors (Lipinski definition) is 6. The molecule has 7 heteroatoms. The summed E-state index contributed by atoms with van der Waals surface area (Å²) >= 11 is 0. The number of carbonyl (C=O) groups excluding carboxylic acids is 1. The van der Waals surface area contributed by atoms with Gasteiger partial charge in [0.25, 0.3) is 0 Å². The van der Waals surface area contributed by atoms with Crippen molar-refractivity contribution < 1.29 is 28.9 Å². The monoisotopic (exact) mass is 541 g/mol. The second-order valence-electron chi connectivity index (χ2n) is 10.7. The van der Waals surface area contributed by atoms with Crippen LogP contribution < -0.4 is 0 Å². The van der Waals surface area contributed by atoms with Crippen molar-refractivity contribution in [3.8, 4) is 0 Å². The average Bonchev–Trinajstić information content (AvgIpc) is 2.88. The molecule has 0 aliphatic rings. The SMILES string of the molecule is CCCCCCCCC=CCOC(=O)CCCCCOCC(COCCCCCCC(C)C(=O)O)N(C)C. The van der Waals surface area contributed by atoms with Crippen LogP contribution in [0.3, 0.4) is 0 Å². The lowest BCUT2D eigenvalue weighted by Crippen LogP contribution is -2.37.